The number of hydrogen-bond donors (Lipinski definition) is 2. The Balaban J connectivity index is 1.42. The zero-order chi connectivity index (χ0) is 19.8. The van der Waals surface area contributed by atoms with Gasteiger partial charge in [-0.25, -0.2) is 9.97 Å². The van der Waals surface area contributed by atoms with Crippen LogP contribution >= 0.6 is 0 Å². The molecule has 1 saturated heterocycles. The van der Waals surface area contributed by atoms with Gasteiger partial charge < -0.3 is 15.5 Å². The zero-order valence-corrected chi connectivity index (χ0v) is 16.9. The molecule has 2 aliphatic heterocycles. The maximum atomic E-state index is 4.87. The molecule has 0 atom stereocenters. The second kappa shape index (κ2) is 7.44. The van der Waals surface area contributed by atoms with E-state index in [0.29, 0.717) is 11.9 Å². The first-order valence-electron chi connectivity index (χ1n) is 10.3. The Hall–Kier alpha value is -2.99. The van der Waals surface area contributed by atoms with Gasteiger partial charge in [-0.1, -0.05) is 26.0 Å². The van der Waals surface area contributed by atoms with Gasteiger partial charge in [0, 0.05) is 60.4 Å². The van der Waals surface area contributed by atoms with E-state index in [9.17, 15) is 0 Å². The summed E-state index contributed by atoms with van der Waals surface area (Å²) < 4.78 is 0. The van der Waals surface area contributed by atoms with E-state index in [0.717, 1.165) is 55.0 Å². The lowest BCUT2D eigenvalue weighted by Crippen LogP contribution is -2.43. The summed E-state index contributed by atoms with van der Waals surface area (Å²) in [5.74, 6) is 1.00. The highest BCUT2D eigenvalue weighted by molar-refractivity contribution is 6.13. The first-order valence-corrected chi connectivity index (χ1v) is 10.3. The predicted molar refractivity (Wildman–Crippen MR) is 119 cm³/mol. The van der Waals surface area contributed by atoms with Gasteiger partial charge in [0.1, 0.15) is 0 Å². The Labute approximate surface area is 171 Å². The molecule has 148 valence electrons. The summed E-state index contributed by atoms with van der Waals surface area (Å²) >= 11 is 0. The van der Waals surface area contributed by atoms with Crippen molar-refractivity contribution >= 4 is 33.9 Å². The lowest BCUT2D eigenvalue weighted by Gasteiger charge is -2.29. The molecule has 0 unspecified atom stereocenters. The Morgan fingerprint density at radius 3 is 2.59 bits per heavy atom. The van der Waals surface area contributed by atoms with Gasteiger partial charge in [-0.05, 0) is 35.7 Å². The molecule has 2 N–H and O–H groups in total. The number of benzene rings is 2. The zero-order valence-electron chi connectivity index (χ0n) is 16.9. The van der Waals surface area contributed by atoms with Crippen molar-refractivity contribution in [1.82, 2.24) is 15.3 Å². The molecule has 1 aromatic heterocycles. The number of anilines is 3. The van der Waals surface area contributed by atoms with Crippen LogP contribution in [-0.4, -0.2) is 41.9 Å². The summed E-state index contributed by atoms with van der Waals surface area (Å²) in [5, 5.41) is 7.81. The second-order valence-corrected chi connectivity index (χ2v) is 8.00. The SMILES string of the molecule is CC(C)C1=NCc2ccc3cnc(Nc4ccc(N5CCNCC5)cc4)nc3c21. The van der Waals surface area contributed by atoms with Crippen LogP contribution in [0.2, 0.25) is 0 Å². The number of aliphatic imine (C=N–C) groups is 1. The highest BCUT2D eigenvalue weighted by Gasteiger charge is 2.22. The number of nitrogens with zero attached hydrogens (tertiary/aromatic N) is 4. The fourth-order valence-electron chi connectivity index (χ4n) is 4.15. The van der Waals surface area contributed by atoms with Crippen molar-refractivity contribution in [2.45, 2.75) is 20.4 Å². The molecule has 0 aliphatic carbocycles. The predicted octanol–water partition coefficient (Wildman–Crippen LogP) is 3.74. The minimum Gasteiger partial charge on any atom is -0.369 e. The van der Waals surface area contributed by atoms with Gasteiger partial charge in [0.2, 0.25) is 5.95 Å². The Bertz CT molecular complexity index is 1060. The van der Waals surface area contributed by atoms with E-state index in [1.165, 1.54) is 16.8 Å². The molecule has 6 heteroatoms. The van der Waals surface area contributed by atoms with Crippen LogP contribution in [0.25, 0.3) is 10.9 Å². The summed E-state index contributed by atoms with van der Waals surface area (Å²) in [5.41, 5.74) is 6.84. The summed E-state index contributed by atoms with van der Waals surface area (Å²) in [6.07, 6.45) is 1.90. The van der Waals surface area contributed by atoms with Crippen molar-refractivity contribution in [3.05, 3.63) is 53.7 Å². The largest absolute Gasteiger partial charge is 0.369 e. The highest BCUT2D eigenvalue weighted by atomic mass is 15.2. The molecule has 5 rings (SSSR count). The molecule has 6 nitrogen and oxygen atoms in total. The van der Waals surface area contributed by atoms with Crippen LogP contribution < -0.4 is 15.5 Å². The van der Waals surface area contributed by atoms with Crippen molar-refractivity contribution in [1.29, 1.82) is 0 Å². The topological polar surface area (TPSA) is 65.4 Å². The molecule has 29 heavy (non-hydrogen) atoms. The summed E-state index contributed by atoms with van der Waals surface area (Å²) in [4.78, 5) is 16.5. The average Bonchev–Trinajstić information content (AvgIpc) is 3.20. The normalized spacial score (nSPS) is 16.2. The van der Waals surface area contributed by atoms with Crippen molar-refractivity contribution < 1.29 is 0 Å². The van der Waals surface area contributed by atoms with Crippen LogP contribution in [0, 0.1) is 5.92 Å². The van der Waals surface area contributed by atoms with Crippen molar-refractivity contribution in [3.8, 4) is 0 Å². The third-order valence-corrected chi connectivity index (χ3v) is 5.67. The highest BCUT2D eigenvalue weighted by Crippen LogP contribution is 2.30. The number of hydrogen-bond acceptors (Lipinski definition) is 6. The van der Waals surface area contributed by atoms with Gasteiger partial charge in [0.25, 0.3) is 0 Å². The number of piperazine rings is 1. The van der Waals surface area contributed by atoms with Crippen LogP contribution in [-0.2, 0) is 6.54 Å². The smallest absolute Gasteiger partial charge is 0.227 e. The lowest BCUT2D eigenvalue weighted by atomic mass is 9.96. The molecule has 3 aromatic rings. The van der Waals surface area contributed by atoms with Crippen LogP contribution in [0.3, 0.4) is 0 Å². The number of fused-ring (bicyclic) bond motifs is 3. The molecule has 0 amide bonds. The van der Waals surface area contributed by atoms with E-state index in [-0.39, 0.29) is 0 Å². The molecule has 0 spiro atoms. The average molecular weight is 387 g/mol. The standard InChI is InChI=1S/C23H26N6/c1-15(2)21-20-16(13-25-21)3-4-17-14-26-23(28-22(17)20)27-18-5-7-19(8-6-18)29-11-9-24-10-12-29/h3-8,14-15,24H,9-13H2,1-2H3,(H,26,27,28). The van der Waals surface area contributed by atoms with Crippen LogP contribution in [0.4, 0.5) is 17.3 Å². The quantitative estimate of drug-likeness (QED) is 0.715. The minimum atomic E-state index is 0.380. The molecule has 0 radical (unpaired) electrons. The maximum absolute atomic E-state index is 4.87. The fourth-order valence-corrected chi connectivity index (χ4v) is 4.15. The summed E-state index contributed by atoms with van der Waals surface area (Å²) in [6.45, 7) is 9.30. The minimum absolute atomic E-state index is 0.380. The van der Waals surface area contributed by atoms with Crippen LogP contribution in [0.15, 0.2) is 47.6 Å². The van der Waals surface area contributed by atoms with Gasteiger partial charge in [0.15, 0.2) is 0 Å². The van der Waals surface area contributed by atoms with E-state index in [2.05, 4.69) is 70.8 Å². The van der Waals surface area contributed by atoms with E-state index in [4.69, 9.17) is 9.98 Å². The van der Waals surface area contributed by atoms with Crippen molar-refractivity contribution in [2.24, 2.45) is 10.9 Å². The van der Waals surface area contributed by atoms with Gasteiger partial charge in [-0.3, -0.25) is 4.99 Å². The van der Waals surface area contributed by atoms with Crippen molar-refractivity contribution in [3.63, 3.8) is 0 Å². The molecule has 3 heterocycles. The van der Waals surface area contributed by atoms with E-state index in [1.807, 2.05) is 6.20 Å². The first kappa shape index (κ1) is 18.1. The summed E-state index contributed by atoms with van der Waals surface area (Å²) in [6, 6.07) is 12.8. The molecule has 2 aliphatic rings. The van der Waals surface area contributed by atoms with Gasteiger partial charge in [-0.2, -0.15) is 0 Å². The van der Waals surface area contributed by atoms with Gasteiger partial charge in [0.05, 0.1) is 12.1 Å². The van der Waals surface area contributed by atoms with Crippen LogP contribution in [0.5, 0.6) is 0 Å². The van der Waals surface area contributed by atoms with E-state index in [1.54, 1.807) is 0 Å². The number of rotatable bonds is 4. The first-order chi connectivity index (χ1) is 14.2. The van der Waals surface area contributed by atoms with E-state index >= 15 is 0 Å². The third kappa shape index (κ3) is 3.44. The molecule has 1 fully saturated rings. The maximum Gasteiger partial charge on any atom is 0.227 e. The molecule has 0 bridgehead atoms. The fraction of sp³-hybridized carbons (Fsp3) is 0.348. The summed E-state index contributed by atoms with van der Waals surface area (Å²) in [7, 11) is 0. The van der Waals surface area contributed by atoms with E-state index < -0.39 is 0 Å². The molecule has 2 aromatic carbocycles. The van der Waals surface area contributed by atoms with Crippen LogP contribution in [0.1, 0.15) is 25.0 Å². The number of aromatic nitrogens is 2. The monoisotopic (exact) mass is 386 g/mol. The Morgan fingerprint density at radius 1 is 1.03 bits per heavy atom. The van der Waals surface area contributed by atoms with Crippen molar-refractivity contribution in [2.75, 3.05) is 36.4 Å². The Kier molecular flexibility index (Phi) is 4.64. The van der Waals surface area contributed by atoms with Gasteiger partial charge in [-0.15, -0.1) is 0 Å². The molecular weight excluding hydrogens is 360 g/mol. The third-order valence-electron chi connectivity index (χ3n) is 5.67. The second-order valence-electron chi connectivity index (χ2n) is 8.00. The Morgan fingerprint density at radius 2 is 1.83 bits per heavy atom. The molecule has 0 saturated carbocycles. The molecular formula is C23H26N6. The number of nitrogens with one attached hydrogen (secondary N) is 2. The lowest BCUT2D eigenvalue weighted by molar-refractivity contribution is 0.589. The van der Waals surface area contributed by atoms with Gasteiger partial charge >= 0.3 is 0 Å².